The van der Waals surface area contributed by atoms with Gasteiger partial charge in [-0.1, -0.05) is 28.1 Å². The Balaban J connectivity index is 2.25. The van der Waals surface area contributed by atoms with Crippen LogP contribution in [0.5, 0.6) is 0 Å². The van der Waals surface area contributed by atoms with Gasteiger partial charge in [-0.05, 0) is 48.7 Å². The molecule has 0 amide bonds. The third-order valence-electron chi connectivity index (χ3n) is 2.92. The fraction of sp³-hybridized carbons (Fsp3) is 0.200. The second-order valence-corrected chi connectivity index (χ2v) is 5.87. The van der Waals surface area contributed by atoms with Gasteiger partial charge in [0.05, 0.1) is 5.38 Å². The summed E-state index contributed by atoms with van der Waals surface area (Å²) in [5, 5.41) is -0.593. The molecule has 0 radical (unpaired) electrons. The van der Waals surface area contributed by atoms with Gasteiger partial charge in [0.25, 0.3) is 0 Å². The molecule has 2 rings (SSSR count). The van der Waals surface area contributed by atoms with Gasteiger partial charge in [0.2, 0.25) is 0 Å². The van der Waals surface area contributed by atoms with Crippen molar-refractivity contribution in [2.24, 2.45) is 0 Å². The van der Waals surface area contributed by atoms with Gasteiger partial charge in [0.1, 0.15) is 11.6 Å². The van der Waals surface area contributed by atoms with Gasteiger partial charge in [0.15, 0.2) is 0 Å². The highest BCUT2D eigenvalue weighted by atomic mass is 79.9. The molecule has 2 aromatic carbocycles. The van der Waals surface area contributed by atoms with Crippen LogP contribution in [0, 0.1) is 18.6 Å². The monoisotopic (exact) mass is 344 g/mol. The van der Waals surface area contributed by atoms with E-state index in [0.717, 1.165) is 10.0 Å². The fourth-order valence-corrected chi connectivity index (χ4v) is 2.67. The van der Waals surface area contributed by atoms with Gasteiger partial charge in [-0.25, -0.2) is 8.78 Å². The number of halogens is 4. The molecule has 0 fully saturated rings. The molecule has 19 heavy (non-hydrogen) atoms. The van der Waals surface area contributed by atoms with Crippen LogP contribution in [-0.4, -0.2) is 0 Å². The van der Waals surface area contributed by atoms with E-state index >= 15 is 0 Å². The van der Waals surface area contributed by atoms with Crippen molar-refractivity contribution in [3.05, 3.63) is 69.2 Å². The van der Waals surface area contributed by atoms with Gasteiger partial charge in [0, 0.05) is 10.0 Å². The first-order valence-corrected chi connectivity index (χ1v) is 7.04. The predicted octanol–water partition coefficient (Wildman–Crippen LogP) is 5.56. The minimum atomic E-state index is -0.593. The topological polar surface area (TPSA) is 0 Å². The lowest BCUT2D eigenvalue weighted by Crippen LogP contribution is -2.01. The molecule has 0 aliphatic rings. The molecule has 0 aliphatic heterocycles. The predicted molar refractivity (Wildman–Crippen MR) is 77.5 cm³/mol. The summed E-state index contributed by atoms with van der Waals surface area (Å²) in [5.41, 5.74) is 1.45. The molecular weight excluding hydrogens is 334 g/mol. The summed E-state index contributed by atoms with van der Waals surface area (Å²) in [7, 11) is 0. The van der Waals surface area contributed by atoms with Crippen LogP contribution < -0.4 is 0 Å². The Bertz CT molecular complexity index is 599. The molecule has 1 unspecified atom stereocenters. The first-order valence-electron chi connectivity index (χ1n) is 5.81. The Labute approximate surface area is 124 Å². The molecule has 100 valence electrons. The van der Waals surface area contributed by atoms with Crippen molar-refractivity contribution < 1.29 is 8.78 Å². The van der Waals surface area contributed by atoms with Crippen molar-refractivity contribution in [3.63, 3.8) is 0 Å². The Morgan fingerprint density at radius 3 is 2.58 bits per heavy atom. The van der Waals surface area contributed by atoms with Gasteiger partial charge in [-0.2, -0.15) is 0 Å². The zero-order valence-electron chi connectivity index (χ0n) is 10.3. The second-order valence-electron chi connectivity index (χ2n) is 4.42. The van der Waals surface area contributed by atoms with E-state index in [0.29, 0.717) is 6.42 Å². The molecular formula is C15H12BrClF2. The number of benzene rings is 2. The third-order valence-corrected chi connectivity index (χ3v) is 3.80. The van der Waals surface area contributed by atoms with Crippen LogP contribution in [-0.2, 0) is 6.42 Å². The lowest BCUT2D eigenvalue weighted by molar-refractivity contribution is 0.575. The van der Waals surface area contributed by atoms with Crippen LogP contribution in [0.3, 0.4) is 0 Å². The molecule has 2 aromatic rings. The summed E-state index contributed by atoms with van der Waals surface area (Å²) >= 11 is 9.57. The summed E-state index contributed by atoms with van der Waals surface area (Å²) in [6.45, 7) is 1.53. The maximum Gasteiger partial charge on any atom is 0.128 e. The molecule has 0 aromatic heterocycles. The first kappa shape index (κ1) is 14.5. The fourth-order valence-electron chi connectivity index (χ4n) is 1.88. The maximum atomic E-state index is 13.8. The zero-order valence-corrected chi connectivity index (χ0v) is 12.6. The van der Waals surface area contributed by atoms with E-state index in [1.54, 1.807) is 0 Å². The first-order chi connectivity index (χ1) is 8.97. The summed E-state index contributed by atoms with van der Waals surface area (Å²) < 4.78 is 28.2. The van der Waals surface area contributed by atoms with Crippen molar-refractivity contribution in [2.75, 3.05) is 0 Å². The second kappa shape index (κ2) is 6.02. The minimum Gasteiger partial charge on any atom is -0.207 e. The van der Waals surface area contributed by atoms with E-state index in [1.165, 1.54) is 19.1 Å². The van der Waals surface area contributed by atoms with E-state index in [1.807, 2.05) is 24.3 Å². The molecule has 0 aliphatic carbocycles. The van der Waals surface area contributed by atoms with E-state index < -0.39 is 17.0 Å². The van der Waals surface area contributed by atoms with Crippen molar-refractivity contribution in [2.45, 2.75) is 18.7 Å². The SMILES string of the molecule is Cc1cc(F)c(C(Cl)Cc2cccc(Br)c2)cc1F. The molecule has 0 spiro atoms. The highest BCUT2D eigenvalue weighted by molar-refractivity contribution is 9.10. The maximum absolute atomic E-state index is 13.8. The Morgan fingerprint density at radius 1 is 1.16 bits per heavy atom. The van der Waals surface area contributed by atoms with Crippen LogP contribution in [0.1, 0.15) is 22.1 Å². The van der Waals surface area contributed by atoms with Crippen LogP contribution in [0.25, 0.3) is 0 Å². The Hall–Kier alpha value is -0.930. The lowest BCUT2D eigenvalue weighted by atomic mass is 10.0. The number of hydrogen-bond donors (Lipinski definition) is 0. The van der Waals surface area contributed by atoms with Crippen molar-refractivity contribution in [1.82, 2.24) is 0 Å². The standard InChI is InChI=1S/C15H12BrClF2/c1-9-5-15(19)12(8-14(9)18)13(17)7-10-3-2-4-11(16)6-10/h2-6,8,13H,7H2,1H3. The number of hydrogen-bond acceptors (Lipinski definition) is 0. The average Bonchev–Trinajstić information content (AvgIpc) is 2.33. The normalized spacial score (nSPS) is 12.5. The Kier molecular flexibility index (Phi) is 4.58. The van der Waals surface area contributed by atoms with Crippen molar-refractivity contribution >= 4 is 27.5 Å². The van der Waals surface area contributed by atoms with Gasteiger partial charge < -0.3 is 0 Å². The number of rotatable bonds is 3. The van der Waals surface area contributed by atoms with E-state index in [4.69, 9.17) is 11.6 Å². The van der Waals surface area contributed by atoms with Gasteiger partial charge in [-0.3, -0.25) is 0 Å². The van der Waals surface area contributed by atoms with E-state index in [2.05, 4.69) is 15.9 Å². The molecule has 0 bridgehead atoms. The van der Waals surface area contributed by atoms with Gasteiger partial charge >= 0.3 is 0 Å². The van der Waals surface area contributed by atoms with Crippen LogP contribution >= 0.6 is 27.5 Å². The van der Waals surface area contributed by atoms with Gasteiger partial charge in [-0.15, -0.1) is 11.6 Å². The molecule has 0 heterocycles. The minimum absolute atomic E-state index is 0.199. The summed E-state index contributed by atoms with van der Waals surface area (Å²) in [6, 6.07) is 9.97. The quantitative estimate of drug-likeness (QED) is 0.639. The summed E-state index contributed by atoms with van der Waals surface area (Å²) in [5.74, 6) is -0.898. The van der Waals surface area contributed by atoms with E-state index in [9.17, 15) is 8.78 Å². The number of alkyl halides is 1. The highest BCUT2D eigenvalue weighted by Crippen LogP contribution is 2.29. The molecule has 4 heteroatoms. The molecule has 0 N–H and O–H groups in total. The van der Waals surface area contributed by atoms with Crippen LogP contribution in [0.4, 0.5) is 8.78 Å². The smallest absolute Gasteiger partial charge is 0.128 e. The summed E-state index contributed by atoms with van der Waals surface area (Å²) in [6.07, 6.45) is 0.445. The third kappa shape index (κ3) is 3.54. The number of aryl methyl sites for hydroxylation is 1. The molecule has 0 saturated carbocycles. The largest absolute Gasteiger partial charge is 0.207 e. The van der Waals surface area contributed by atoms with Crippen LogP contribution in [0.15, 0.2) is 40.9 Å². The lowest BCUT2D eigenvalue weighted by Gasteiger charge is -2.12. The van der Waals surface area contributed by atoms with Crippen LogP contribution in [0.2, 0.25) is 0 Å². The Morgan fingerprint density at radius 2 is 1.89 bits per heavy atom. The average molecular weight is 346 g/mol. The zero-order chi connectivity index (χ0) is 14.0. The van der Waals surface area contributed by atoms with Crippen molar-refractivity contribution in [1.29, 1.82) is 0 Å². The van der Waals surface area contributed by atoms with Crippen molar-refractivity contribution in [3.8, 4) is 0 Å². The van der Waals surface area contributed by atoms with E-state index in [-0.39, 0.29) is 11.1 Å². The molecule has 0 nitrogen and oxygen atoms in total. The summed E-state index contributed by atoms with van der Waals surface area (Å²) in [4.78, 5) is 0. The molecule has 1 atom stereocenters. The highest BCUT2D eigenvalue weighted by Gasteiger charge is 2.16. The molecule has 0 saturated heterocycles.